The van der Waals surface area contributed by atoms with E-state index < -0.39 is 0 Å². The molecule has 2 saturated carbocycles. The topological polar surface area (TPSA) is 76.0 Å². The van der Waals surface area contributed by atoms with Crippen LogP contribution < -0.4 is 10.6 Å². The van der Waals surface area contributed by atoms with Gasteiger partial charge in [0.2, 0.25) is 5.91 Å². The molecule has 7 heteroatoms. The summed E-state index contributed by atoms with van der Waals surface area (Å²) in [4.78, 5) is 29.0. The summed E-state index contributed by atoms with van der Waals surface area (Å²) in [6.07, 6.45) is 12.4. The number of thioether (sulfide) groups is 1. The number of fused-ring (bicyclic) bond motifs is 1. The van der Waals surface area contributed by atoms with Gasteiger partial charge in [0.1, 0.15) is 0 Å². The van der Waals surface area contributed by atoms with Crippen LogP contribution in [0.1, 0.15) is 55.3 Å². The molecule has 2 fully saturated rings. The van der Waals surface area contributed by atoms with E-state index in [2.05, 4.69) is 15.6 Å². The zero-order valence-corrected chi connectivity index (χ0v) is 18.3. The van der Waals surface area contributed by atoms with Gasteiger partial charge in [-0.2, -0.15) is 0 Å². The average Bonchev–Trinajstić information content (AvgIpc) is 3.17. The molecule has 4 rings (SSSR count). The first-order valence-corrected chi connectivity index (χ1v) is 11.9. The van der Waals surface area contributed by atoms with Gasteiger partial charge < -0.3 is 15.2 Å². The second-order valence-electron chi connectivity index (χ2n) is 8.52. The van der Waals surface area contributed by atoms with Crippen LogP contribution in [0.15, 0.2) is 41.8 Å². The van der Waals surface area contributed by atoms with Crippen molar-refractivity contribution in [2.45, 2.75) is 56.1 Å². The number of aromatic nitrogens is 2. The number of carbonyl (C=O) groups is 2. The predicted molar refractivity (Wildman–Crippen MR) is 120 cm³/mol. The van der Waals surface area contributed by atoms with E-state index in [1.807, 2.05) is 17.8 Å². The summed E-state index contributed by atoms with van der Waals surface area (Å²) >= 11 is 1.39. The third-order valence-electron chi connectivity index (χ3n) is 6.42. The van der Waals surface area contributed by atoms with Crippen LogP contribution in [0.4, 0.5) is 5.69 Å². The average molecular weight is 427 g/mol. The van der Waals surface area contributed by atoms with Crippen molar-refractivity contribution in [1.82, 2.24) is 14.9 Å². The molecule has 2 aliphatic rings. The summed E-state index contributed by atoms with van der Waals surface area (Å²) in [6.45, 7) is 0. The first-order chi connectivity index (χ1) is 14.6. The largest absolute Gasteiger partial charge is 0.349 e. The number of benzene rings is 1. The Hall–Kier alpha value is -2.28. The molecule has 30 heavy (non-hydrogen) atoms. The summed E-state index contributed by atoms with van der Waals surface area (Å²) < 4.78 is 1.88. The highest BCUT2D eigenvalue weighted by Crippen LogP contribution is 2.40. The van der Waals surface area contributed by atoms with Gasteiger partial charge in [-0.1, -0.05) is 37.4 Å². The number of rotatable bonds is 6. The molecule has 3 atom stereocenters. The smallest absolute Gasteiger partial charge is 0.251 e. The Morgan fingerprint density at radius 3 is 2.60 bits per heavy atom. The molecule has 2 aromatic rings. The molecule has 1 aromatic carbocycles. The molecular weight excluding hydrogens is 396 g/mol. The number of carbonyl (C=O) groups excluding carboxylic acids is 2. The number of hydrogen-bond donors (Lipinski definition) is 2. The van der Waals surface area contributed by atoms with Gasteiger partial charge in [0.15, 0.2) is 5.16 Å². The lowest BCUT2D eigenvalue weighted by Gasteiger charge is -2.39. The van der Waals surface area contributed by atoms with Crippen LogP contribution in [-0.4, -0.2) is 33.2 Å². The minimum absolute atomic E-state index is 0.0162. The van der Waals surface area contributed by atoms with Crippen LogP contribution in [0.25, 0.3) is 0 Å². The van der Waals surface area contributed by atoms with Gasteiger partial charge in [0.25, 0.3) is 5.91 Å². The Kier molecular flexibility index (Phi) is 6.77. The van der Waals surface area contributed by atoms with Gasteiger partial charge in [0.05, 0.1) is 5.75 Å². The van der Waals surface area contributed by atoms with Crippen molar-refractivity contribution in [3.63, 3.8) is 0 Å². The Morgan fingerprint density at radius 2 is 1.87 bits per heavy atom. The zero-order valence-electron chi connectivity index (χ0n) is 17.5. The number of aryl methyl sites for hydroxylation is 1. The molecule has 0 radical (unpaired) electrons. The van der Waals surface area contributed by atoms with Gasteiger partial charge in [-0.15, -0.1) is 0 Å². The number of hydrogen-bond acceptors (Lipinski definition) is 4. The van der Waals surface area contributed by atoms with Crippen molar-refractivity contribution in [1.29, 1.82) is 0 Å². The van der Waals surface area contributed by atoms with Gasteiger partial charge in [-0.05, 0) is 55.4 Å². The van der Waals surface area contributed by atoms with Crippen LogP contribution in [0, 0.1) is 11.8 Å². The maximum absolute atomic E-state index is 12.7. The lowest BCUT2D eigenvalue weighted by molar-refractivity contribution is -0.113. The van der Waals surface area contributed by atoms with Crippen molar-refractivity contribution in [3.05, 3.63) is 42.2 Å². The minimum Gasteiger partial charge on any atom is -0.349 e. The second kappa shape index (κ2) is 9.69. The quantitative estimate of drug-likeness (QED) is 0.678. The SMILES string of the molecule is Cn1ccnc1SCC(=O)Nc1ccc(C(=O)N[C@@H]2CC[C@H]3CCCC[C@@H]3C2)cc1. The normalized spacial score (nSPS) is 23.4. The molecule has 6 nitrogen and oxygen atoms in total. The van der Waals surface area contributed by atoms with Crippen LogP contribution >= 0.6 is 11.8 Å². The molecule has 160 valence electrons. The number of imidazole rings is 1. The number of nitrogens with zero attached hydrogens (tertiary/aromatic N) is 2. The van der Waals surface area contributed by atoms with Crippen LogP contribution in [0.2, 0.25) is 0 Å². The molecule has 2 amide bonds. The van der Waals surface area contributed by atoms with Crippen molar-refractivity contribution in [3.8, 4) is 0 Å². The summed E-state index contributed by atoms with van der Waals surface area (Å²) in [5, 5.41) is 6.91. The Bertz CT molecular complexity index is 880. The summed E-state index contributed by atoms with van der Waals surface area (Å²) in [5.41, 5.74) is 1.33. The fraction of sp³-hybridized carbons (Fsp3) is 0.522. The zero-order chi connectivity index (χ0) is 20.9. The molecule has 0 aliphatic heterocycles. The molecule has 0 saturated heterocycles. The maximum atomic E-state index is 12.7. The minimum atomic E-state index is -0.0931. The van der Waals surface area contributed by atoms with Crippen LogP contribution in [0.5, 0.6) is 0 Å². The Labute approximate surface area is 182 Å². The highest BCUT2D eigenvalue weighted by atomic mass is 32.2. The summed E-state index contributed by atoms with van der Waals surface area (Å²) in [5.74, 6) is 1.85. The van der Waals surface area contributed by atoms with E-state index in [1.54, 1.807) is 30.5 Å². The predicted octanol–water partition coefficient (Wildman–Crippen LogP) is 4.24. The molecule has 0 bridgehead atoms. The van der Waals surface area contributed by atoms with Crippen molar-refractivity contribution >= 4 is 29.3 Å². The molecule has 1 heterocycles. The molecule has 2 N–H and O–H groups in total. The van der Waals surface area contributed by atoms with Crippen LogP contribution in [-0.2, 0) is 11.8 Å². The standard InChI is InChI=1S/C23H30N4O2S/c1-27-13-12-24-23(27)30-15-21(28)25-19-9-7-17(8-10-19)22(29)26-20-11-6-16-4-2-3-5-18(16)14-20/h7-10,12-13,16,18,20H,2-6,11,14-15H2,1H3,(H,25,28)(H,26,29)/t16-,18-,20-/m1/s1. The molecule has 2 aliphatic carbocycles. The van der Waals surface area contributed by atoms with Crippen molar-refractivity contribution < 1.29 is 9.59 Å². The monoisotopic (exact) mass is 426 g/mol. The summed E-state index contributed by atoms with van der Waals surface area (Å²) in [6, 6.07) is 7.43. The molecule has 0 unspecified atom stereocenters. The fourth-order valence-electron chi connectivity index (χ4n) is 4.80. The van der Waals surface area contributed by atoms with E-state index in [0.717, 1.165) is 29.8 Å². The van der Waals surface area contributed by atoms with E-state index in [0.29, 0.717) is 17.3 Å². The Morgan fingerprint density at radius 1 is 1.10 bits per heavy atom. The van der Waals surface area contributed by atoms with Gasteiger partial charge in [-0.25, -0.2) is 4.98 Å². The highest BCUT2D eigenvalue weighted by Gasteiger charge is 2.32. The third kappa shape index (κ3) is 5.25. The van der Waals surface area contributed by atoms with E-state index >= 15 is 0 Å². The Balaban J connectivity index is 1.25. The molecule has 0 spiro atoms. The lowest BCUT2D eigenvalue weighted by atomic mass is 9.69. The first-order valence-electron chi connectivity index (χ1n) is 10.9. The fourth-order valence-corrected chi connectivity index (χ4v) is 5.53. The maximum Gasteiger partial charge on any atom is 0.251 e. The summed E-state index contributed by atoms with van der Waals surface area (Å²) in [7, 11) is 1.90. The first kappa shape index (κ1) is 21.0. The van der Waals surface area contributed by atoms with Gasteiger partial charge >= 0.3 is 0 Å². The van der Waals surface area contributed by atoms with E-state index in [1.165, 1.54) is 43.9 Å². The van der Waals surface area contributed by atoms with Crippen molar-refractivity contribution in [2.75, 3.05) is 11.1 Å². The second-order valence-corrected chi connectivity index (χ2v) is 9.47. The van der Waals surface area contributed by atoms with Crippen molar-refractivity contribution in [2.24, 2.45) is 18.9 Å². The lowest BCUT2D eigenvalue weighted by Crippen LogP contribution is -2.41. The number of anilines is 1. The van der Waals surface area contributed by atoms with E-state index in [-0.39, 0.29) is 17.6 Å². The van der Waals surface area contributed by atoms with Crippen LogP contribution in [0.3, 0.4) is 0 Å². The number of amides is 2. The third-order valence-corrected chi connectivity index (χ3v) is 7.47. The van der Waals surface area contributed by atoms with Gasteiger partial charge in [0, 0.05) is 36.7 Å². The highest BCUT2D eigenvalue weighted by molar-refractivity contribution is 7.99. The van der Waals surface area contributed by atoms with Gasteiger partial charge in [-0.3, -0.25) is 9.59 Å². The number of nitrogens with one attached hydrogen (secondary N) is 2. The van der Waals surface area contributed by atoms with E-state index in [9.17, 15) is 9.59 Å². The van der Waals surface area contributed by atoms with E-state index in [4.69, 9.17) is 0 Å². The molecular formula is C23H30N4O2S. The molecule has 1 aromatic heterocycles.